The van der Waals surface area contributed by atoms with Gasteiger partial charge < -0.3 is 9.47 Å². The predicted molar refractivity (Wildman–Crippen MR) is 75.3 cm³/mol. The Morgan fingerprint density at radius 2 is 2.15 bits per heavy atom. The zero-order valence-electron chi connectivity index (χ0n) is 12.2. The highest BCUT2D eigenvalue weighted by Gasteiger charge is 2.11. The molecule has 1 aromatic rings. The number of methoxy groups -OCH3 is 1. The monoisotopic (exact) mass is 276 g/mol. The molecular weight excluding hydrogens is 256 g/mol. The first-order valence-electron chi connectivity index (χ1n) is 6.59. The van der Waals surface area contributed by atoms with Crippen molar-refractivity contribution in [3.8, 4) is 11.8 Å². The molecule has 1 aromatic carbocycles. The maximum absolute atomic E-state index is 11.5. The van der Waals surface area contributed by atoms with Crippen LogP contribution in [0.25, 0.3) is 0 Å². The molecule has 5 heteroatoms. The van der Waals surface area contributed by atoms with Gasteiger partial charge in [0, 0.05) is 6.54 Å². The maximum atomic E-state index is 11.5. The van der Waals surface area contributed by atoms with E-state index in [1.54, 1.807) is 19.1 Å². The van der Waals surface area contributed by atoms with E-state index in [9.17, 15) is 4.79 Å². The molecule has 0 atom stereocenters. The fraction of sp³-hybridized carbons (Fsp3) is 0.467. The Labute approximate surface area is 119 Å². The number of rotatable bonds is 7. The summed E-state index contributed by atoms with van der Waals surface area (Å²) in [5.74, 6) is 0.327. The van der Waals surface area contributed by atoms with Gasteiger partial charge in [0.25, 0.3) is 0 Å². The van der Waals surface area contributed by atoms with Gasteiger partial charge in [-0.25, -0.2) is 0 Å². The molecule has 0 aliphatic carbocycles. The maximum Gasteiger partial charge on any atom is 0.320 e. The van der Waals surface area contributed by atoms with E-state index >= 15 is 0 Å². The second kappa shape index (κ2) is 8.18. The number of likely N-dealkylation sites (N-methyl/N-ethyl adjacent to an activating group) is 1. The van der Waals surface area contributed by atoms with Crippen LogP contribution >= 0.6 is 0 Å². The minimum Gasteiger partial charge on any atom is -0.495 e. The van der Waals surface area contributed by atoms with Gasteiger partial charge in [0.2, 0.25) is 0 Å². The lowest BCUT2D eigenvalue weighted by molar-refractivity contribution is -0.144. The van der Waals surface area contributed by atoms with Crippen LogP contribution in [0, 0.1) is 11.3 Å². The van der Waals surface area contributed by atoms with E-state index < -0.39 is 0 Å². The van der Waals surface area contributed by atoms with Crippen molar-refractivity contribution in [3.05, 3.63) is 29.3 Å². The Balaban J connectivity index is 2.75. The van der Waals surface area contributed by atoms with Gasteiger partial charge >= 0.3 is 5.97 Å². The molecular formula is C15H20N2O3. The van der Waals surface area contributed by atoms with Crippen LogP contribution in [0.5, 0.6) is 5.75 Å². The number of hydrogen-bond acceptors (Lipinski definition) is 5. The summed E-state index contributed by atoms with van der Waals surface area (Å²) in [6.07, 6.45) is 0. The van der Waals surface area contributed by atoms with Gasteiger partial charge in [-0.15, -0.1) is 0 Å². The lowest BCUT2D eigenvalue weighted by atomic mass is 10.1. The number of benzene rings is 1. The van der Waals surface area contributed by atoms with Gasteiger partial charge in [0.1, 0.15) is 11.8 Å². The smallest absolute Gasteiger partial charge is 0.320 e. The zero-order chi connectivity index (χ0) is 15.0. The van der Waals surface area contributed by atoms with Gasteiger partial charge in [-0.05, 0) is 31.2 Å². The Morgan fingerprint density at radius 1 is 1.40 bits per heavy atom. The second-order valence-corrected chi connectivity index (χ2v) is 4.25. The SMILES string of the molecule is CCOC(=O)CN(CC)Cc1ccc(OC)c(C#N)c1. The topological polar surface area (TPSA) is 62.6 Å². The molecule has 0 amide bonds. The number of hydrogen-bond donors (Lipinski definition) is 0. The van der Waals surface area contributed by atoms with E-state index in [-0.39, 0.29) is 12.5 Å². The van der Waals surface area contributed by atoms with Crippen LogP contribution in [-0.2, 0) is 16.1 Å². The summed E-state index contributed by atoms with van der Waals surface area (Å²) in [5, 5.41) is 9.06. The molecule has 5 nitrogen and oxygen atoms in total. The number of nitriles is 1. The summed E-state index contributed by atoms with van der Waals surface area (Å²) in [5.41, 5.74) is 1.46. The van der Waals surface area contributed by atoms with Crippen LogP contribution in [-0.4, -0.2) is 37.7 Å². The third kappa shape index (κ3) is 4.56. The molecule has 1 rings (SSSR count). The molecule has 0 unspecified atom stereocenters. The fourth-order valence-corrected chi connectivity index (χ4v) is 1.87. The van der Waals surface area contributed by atoms with Crippen LogP contribution in [0.3, 0.4) is 0 Å². The molecule has 0 N–H and O–H groups in total. The summed E-state index contributed by atoms with van der Waals surface area (Å²) >= 11 is 0. The van der Waals surface area contributed by atoms with E-state index in [1.807, 2.05) is 17.9 Å². The zero-order valence-corrected chi connectivity index (χ0v) is 12.2. The van der Waals surface area contributed by atoms with Crippen LogP contribution < -0.4 is 4.74 Å². The molecule has 0 aliphatic rings. The summed E-state index contributed by atoms with van der Waals surface area (Å²) < 4.78 is 10.0. The predicted octanol–water partition coefficient (Wildman–Crippen LogP) is 1.95. The van der Waals surface area contributed by atoms with Crippen molar-refractivity contribution in [2.24, 2.45) is 0 Å². The number of ether oxygens (including phenoxy) is 2. The number of esters is 1. The van der Waals surface area contributed by atoms with Crippen molar-refractivity contribution < 1.29 is 14.3 Å². The van der Waals surface area contributed by atoms with Gasteiger partial charge in [-0.2, -0.15) is 5.26 Å². The Hall–Kier alpha value is -2.06. The third-order valence-electron chi connectivity index (χ3n) is 2.90. The Morgan fingerprint density at radius 3 is 2.70 bits per heavy atom. The molecule has 0 radical (unpaired) electrons. The van der Waals surface area contributed by atoms with E-state index in [1.165, 1.54) is 7.11 Å². The number of carbonyl (C=O) groups is 1. The quantitative estimate of drug-likeness (QED) is 0.712. The van der Waals surface area contributed by atoms with Crippen molar-refractivity contribution in [1.82, 2.24) is 4.90 Å². The van der Waals surface area contributed by atoms with Crippen LogP contribution in [0.1, 0.15) is 25.0 Å². The lowest BCUT2D eigenvalue weighted by Gasteiger charge is -2.19. The third-order valence-corrected chi connectivity index (χ3v) is 2.90. The van der Waals surface area contributed by atoms with E-state index in [4.69, 9.17) is 14.7 Å². The van der Waals surface area contributed by atoms with Crippen molar-refractivity contribution in [1.29, 1.82) is 5.26 Å². The minimum atomic E-state index is -0.233. The first-order chi connectivity index (χ1) is 9.64. The molecule has 0 heterocycles. The summed E-state index contributed by atoms with van der Waals surface area (Å²) in [6.45, 7) is 5.72. The molecule has 0 aliphatic heterocycles. The Bertz CT molecular complexity index is 494. The van der Waals surface area contributed by atoms with Gasteiger partial charge in [-0.1, -0.05) is 13.0 Å². The molecule has 0 saturated heterocycles. The summed E-state index contributed by atoms with van der Waals surface area (Å²) in [6, 6.07) is 7.55. The minimum absolute atomic E-state index is 0.233. The first kappa shape index (κ1) is 16.0. The molecule has 0 spiro atoms. The largest absolute Gasteiger partial charge is 0.495 e. The van der Waals surface area contributed by atoms with E-state index in [0.29, 0.717) is 24.5 Å². The van der Waals surface area contributed by atoms with E-state index in [0.717, 1.165) is 12.1 Å². The highest BCUT2D eigenvalue weighted by molar-refractivity contribution is 5.71. The average molecular weight is 276 g/mol. The Kier molecular flexibility index (Phi) is 6.54. The lowest BCUT2D eigenvalue weighted by Crippen LogP contribution is -2.30. The summed E-state index contributed by atoms with van der Waals surface area (Å²) in [4.78, 5) is 13.4. The van der Waals surface area contributed by atoms with Gasteiger partial charge in [0.15, 0.2) is 0 Å². The standard InChI is InChI=1S/C15H20N2O3/c1-4-17(11-15(18)20-5-2)10-12-6-7-14(19-3)13(8-12)9-16/h6-8H,4-5,10-11H2,1-3H3. The van der Waals surface area contributed by atoms with Crippen LogP contribution in [0.15, 0.2) is 18.2 Å². The highest BCUT2D eigenvalue weighted by Crippen LogP contribution is 2.19. The van der Waals surface area contributed by atoms with Gasteiger partial charge in [0.05, 0.1) is 25.8 Å². The molecule has 0 fully saturated rings. The van der Waals surface area contributed by atoms with Crippen LogP contribution in [0.4, 0.5) is 0 Å². The molecule has 0 aromatic heterocycles. The van der Waals surface area contributed by atoms with Crippen molar-refractivity contribution in [2.75, 3.05) is 26.8 Å². The van der Waals surface area contributed by atoms with Crippen molar-refractivity contribution >= 4 is 5.97 Å². The molecule has 108 valence electrons. The number of nitrogens with zero attached hydrogens (tertiary/aromatic N) is 2. The molecule has 0 saturated carbocycles. The first-order valence-corrected chi connectivity index (χ1v) is 6.59. The van der Waals surface area contributed by atoms with Crippen molar-refractivity contribution in [3.63, 3.8) is 0 Å². The normalized spacial score (nSPS) is 10.2. The highest BCUT2D eigenvalue weighted by atomic mass is 16.5. The second-order valence-electron chi connectivity index (χ2n) is 4.25. The molecule has 0 bridgehead atoms. The van der Waals surface area contributed by atoms with Crippen LogP contribution in [0.2, 0.25) is 0 Å². The van der Waals surface area contributed by atoms with E-state index in [2.05, 4.69) is 6.07 Å². The number of carbonyl (C=O) groups excluding carboxylic acids is 1. The van der Waals surface area contributed by atoms with Gasteiger partial charge in [-0.3, -0.25) is 9.69 Å². The average Bonchev–Trinajstić information content (AvgIpc) is 2.46. The summed E-state index contributed by atoms with van der Waals surface area (Å²) in [7, 11) is 1.54. The molecule has 20 heavy (non-hydrogen) atoms. The van der Waals surface area contributed by atoms with Crippen molar-refractivity contribution in [2.45, 2.75) is 20.4 Å². The fourth-order valence-electron chi connectivity index (χ4n) is 1.87.